The Labute approximate surface area is 150 Å². The Balaban J connectivity index is 1.69. The van der Waals surface area contributed by atoms with E-state index in [1.807, 2.05) is 37.3 Å². The van der Waals surface area contributed by atoms with Gasteiger partial charge in [-0.1, -0.05) is 0 Å². The number of hydrogen-bond donors (Lipinski definition) is 2. The van der Waals surface area contributed by atoms with Gasteiger partial charge >= 0.3 is 0 Å². The number of rotatable bonds is 5. The van der Waals surface area contributed by atoms with Gasteiger partial charge in [0, 0.05) is 29.4 Å². The fourth-order valence-corrected chi connectivity index (χ4v) is 4.80. The molecule has 1 atom stereocenters. The molecule has 0 bridgehead atoms. The normalized spacial score (nSPS) is 12.5. The van der Waals surface area contributed by atoms with Gasteiger partial charge in [0.25, 0.3) is 0 Å². The molecule has 3 N–H and O–H groups in total. The molecule has 23 heavy (non-hydrogen) atoms. The van der Waals surface area contributed by atoms with E-state index < -0.39 is 0 Å². The maximum Gasteiger partial charge on any atom is 0.225 e. The summed E-state index contributed by atoms with van der Waals surface area (Å²) < 4.78 is 2.13. The van der Waals surface area contributed by atoms with Crippen LogP contribution in [0, 0.1) is 6.92 Å². The molecule has 0 spiro atoms. The van der Waals surface area contributed by atoms with Crippen molar-refractivity contribution < 1.29 is 4.79 Å². The molecule has 0 fully saturated rings. The van der Waals surface area contributed by atoms with Gasteiger partial charge in [0.1, 0.15) is 0 Å². The van der Waals surface area contributed by atoms with E-state index in [0.717, 1.165) is 29.6 Å². The molecule has 2 aromatic heterocycles. The number of anilines is 1. The summed E-state index contributed by atoms with van der Waals surface area (Å²) in [5, 5.41) is 3.99. The van der Waals surface area contributed by atoms with Crippen LogP contribution in [0.4, 0.5) is 5.69 Å². The molecule has 0 aliphatic carbocycles. The van der Waals surface area contributed by atoms with Gasteiger partial charge in [0.05, 0.1) is 19.0 Å². The number of thiophene rings is 1. The Morgan fingerprint density at radius 2 is 2.17 bits per heavy atom. The maximum atomic E-state index is 12.3. The molecule has 1 aromatic carbocycles. The molecule has 1 amide bonds. The molecule has 1 unspecified atom stereocenters. The van der Waals surface area contributed by atoms with Crippen molar-refractivity contribution in [3.63, 3.8) is 0 Å². The number of aryl methyl sites for hydroxylation is 1. The third-order valence-corrected chi connectivity index (χ3v) is 6.21. The lowest BCUT2D eigenvalue weighted by Gasteiger charge is -2.13. The van der Waals surface area contributed by atoms with E-state index in [0.29, 0.717) is 13.0 Å². The van der Waals surface area contributed by atoms with Crippen LogP contribution >= 0.6 is 38.6 Å². The second-order valence-electron chi connectivity index (χ2n) is 5.24. The molecule has 0 aliphatic heterocycles. The van der Waals surface area contributed by atoms with Crippen LogP contribution in [0.5, 0.6) is 0 Å². The summed E-state index contributed by atoms with van der Waals surface area (Å²) in [6.45, 7) is 2.43. The average Bonchev–Trinajstić information content (AvgIpc) is 3.09. The Bertz CT molecular complexity index is 843. The van der Waals surface area contributed by atoms with Crippen molar-refractivity contribution >= 4 is 60.4 Å². The Morgan fingerprint density at radius 3 is 2.87 bits per heavy atom. The number of halogens is 1. The molecule has 120 valence electrons. The van der Waals surface area contributed by atoms with Gasteiger partial charge in [-0.15, -0.1) is 22.7 Å². The zero-order valence-corrected chi connectivity index (χ0v) is 15.7. The first-order chi connectivity index (χ1) is 11.0. The summed E-state index contributed by atoms with van der Waals surface area (Å²) in [6.07, 6.45) is 0.378. The fourth-order valence-electron chi connectivity index (χ4n) is 2.40. The highest BCUT2D eigenvalue weighted by Gasteiger charge is 2.17. The first-order valence-electron chi connectivity index (χ1n) is 7.17. The van der Waals surface area contributed by atoms with Gasteiger partial charge in [0.15, 0.2) is 0 Å². The lowest BCUT2D eigenvalue weighted by atomic mass is 10.0. The third kappa shape index (κ3) is 3.98. The Morgan fingerprint density at radius 1 is 1.35 bits per heavy atom. The first kappa shape index (κ1) is 16.6. The number of hydrogen-bond acceptors (Lipinski definition) is 5. The lowest BCUT2D eigenvalue weighted by molar-refractivity contribution is -0.116. The van der Waals surface area contributed by atoms with Gasteiger partial charge in [-0.2, -0.15) is 0 Å². The molecule has 0 saturated carbocycles. The predicted octanol–water partition coefficient (Wildman–Crippen LogP) is 4.50. The third-order valence-electron chi connectivity index (χ3n) is 3.49. The number of carbonyl (C=O) groups is 1. The number of nitrogens with two attached hydrogens (primary N) is 1. The van der Waals surface area contributed by atoms with E-state index in [1.165, 1.54) is 0 Å². The number of benzene rings is 1. The second kappa shape index (κ2) is 7.09. The van der Waals surface area contributed by atoms with Crippen molar-refractivity contribution in [2.75, 3.05) is 11.9 Å². The number of fused-ring (bicyclic) bond motifs is 1. The minimum Gasteiger partial charge on any atom is -0.330 e. The number of nitrogens with one attached hydrogen (secondary N) is 1. The van der Waals surface area contributed by atoms with E-state index in [2.05, 4.69) is 26.2 Å². The molecular formula is C16H16BrN3OS2. The maximum absolute atomic E-state index is 12.3. The number of aromatic nitrogens is 1. The average molecular weight is 410 g/mol. The standard InChI is InChI=1S/C16H16BrN3OS2/c1-9-19-12-3-2-11(7-14(12)22-9)20-16(21)6-10(8-18)13-4-5-15(17)23-13/h2-5,7,10H,6,8,18H2,1H3,(H,20,21). The van der Waals surface area contributed by atoms with E-state index in [9.17, 15) is 4.79 Å². The molecule has 4 nitrogen and oxygen atoms in total. The molecule has 3 rings (SSSR count). The Kier molecular flexibility index (Phi) is 5.11. The fraction of sp³-hybridized carbons (Fsp3) is 0.250. The molecule has 3 aromatic rings. The van der Waals surface area contributed by atoms with Crippen molar-refractivity contribution in [2.45, 2.75) is 19.3 Å². The monoisotopic (exact) mass is 409 g/mol. The second-order valence-corrected chi connectivity index (χ2v) is 8.97. The number of thiazole rings is 1. The van der Waals surface area contributed by atoms with Crippen LogP contribution in [0.25, 0.3) is 10.2 Å². The highest BCUT2D eigenvalue weighted by atomic mass is 79.9. The highest BCUT2D eigenvalue weighted by Crippen LogP contribution is 2.30. The summed E-state index contributed by atoms with van der Waals surface area (Å²) >= 11 is 6.70. The Hall–Kier alpha value is -1.28. The summed E-state index contributed by atoms with van der Waals surface area (Å²) in [5.74, 6) is 0.0197. The quantitative estimate of drug-likeness (QED) is 0.651. The predicted molar refractivity (Wildman–Crippen MR) is 101 cm³/mol. The topological polar surface area (TPSA) is 68.0 Å². The zero-order chi connectivity index (χ0) is 16.4. The van der Waals surface area contributed by atoms with E-state index >= 15 is 0 Å². The SMILES string of the molecule is Cc1nc2ccc(NC(=O)CC(CN)c3ccc(Br)s3)cc2s1. The van der Waals surface area contributed by atoms with Crippen LogP contribution in [0.15, 0.2) is 34.1 Å². The zero-order valence-electron chi connectivity index (χ0n) is 12.5. The molecule has 0 radical (unpaired) electrons. The first-order valence-corrected chi connectivity index (χ1v) is 9.60. The van der Waals surface area contributed by atoms with Gasteiger partial charge in [-0.25, -0.2) is 4.98 Å². The van der Waals surface area contributed by atoms with Crippen LogP contribution < -0.4 is 11.1 Å². The number of amides is 1. The molecular weight excluding hydrogens is 394 g/mol. The summed E-state index contributed by atoms with van der Waals surface area (Å²) in [6, 6.07) is 9.80. The molecule has 7 heteroatoms. The van der Waals surface area contributed by atoms with Crippen LogP contribution in [-0.4, -0.2) is 17.4 Å². The molecule has 0 aliphatic rings. The summed E-state index contributed by atoms with van der Waals surface area (Å²) in [5.41, 5.74) is 7.60. The van der Waals surface area contributed by atoms with Crippen molar-refractivity contribution in [3.05, 3.63) is 44.0 Å². The largest absolute Gasteiger partial charge is 0.330 e. The smallest absolute Gasteiger partial charge is 0.225 e. The van der Waals surface area contributed by atoms with Crippen LogP contribution in [0.3, 0.4) is 0 Å². The van der Waals surface area contributed by atoms with Gasteiger partial charge in [-0.05, 0) is 53.2 Å². The van der Waals surface area contributed by atoms with Gasteiger partial charge < -0.3 is 11.1 Å². The minimum atomic E-state index is -0.0226. The number of carbonyl (C=O) groups excluding carboxylic acids is 1. The van der Waals surface area contributed by atoms with Crippen LogP contribution in [0.1, 0.15) is 22.2 Å². The van der Waals surface area contributed by atoms with Crippen LogP contribution in [-0.2, 0) is 4.79 Å². The molecule has 0 saturated heterocycles. The van der Waals surface area contributed by atoms with Crippen molar-refractivity contribution in [2.24, 2.45) is 5.73 Å². The van der Waals surface area contributed by atoms with Crippen LogP contribution in [0.2, 0.25) is 0 Å². The molecule has 2 heterocycles. The summed E-state index contributed by atoms with van der Waals surface area (Å²) in [4.78, 5) is 17.9. The van der Waals surface area contributed by atoms with E-state index in [-0.39, 0.29) is 11.8 Å². The van der Waals surface area contributed by atoms with E-state index in [1.54, 1.807) is 22.7 Å². The van der Waals surface area contributed by atoms with Crippen molar-refractivity contribution in [3.8, 4) is 0 Å². The van der Waals surface area contributed by atoms with Gasteiger partial charge in [-0.3, -0.25) is 4.79 Å². The lowest BCUT2D eigenvalue weighted by Crippen LogP contribution is -2.20. The summed E-state index contributed by atoms with van der Waals surface area (Å²) in [7, 11) is 0. The highest BCUT2D eigenvalue weighted by molar-refractivity contribution is 9.11. The number of nitrogens with zero attached hydrogens (tertiary/aromatic N) is 1. The minimum absolute atomic E-state index is 0.0226. The van der Waals surface area contributed by atoms with Gasteiger partial charge in [0.2, 0.25) is 5.91 Å². The van der Waals surface area contributed by atoms with Crippen molar-refractivity contribution in [1.29, 1.82) is 0 Å². The van der Waals surface area contributed by atoms with Crippen molar-refractivity contribution in [1.82, 2.24) is 4.98 Å². The van der Waals surface area contributed by atoms with E-state index in [4.69, 9.17) is 5.73 Å².